The molecule has 1 aliphatic heterocycles. The maximum atomic E-state index is 6.14. The quantitative estimate of drug-likeness (QED) is 0.873. The van der Waals surface area contributed by atoms with E-state index in [1.54, 1.807) is 7.11 Å². The molecule has 2 N–H and O–H groups in total. The monoisotopic (exact) mass is 235 g/mol. The number of rotatable bonds is 3. The van der Waals surface area contributed by atoms with E-state index in [4.69, 9.17) is 15.2 Å². The van der Waals surface area contributed by atoms with Crippen LogP contribution in [0, 0.1) is 6.92 Å². The molecule has 1 aromatic rings. The van der Waals surface area contributed by atoms with Crippen molar-refractivity contribution in [3.8, 4) is 11.5 Å². The number of aryl methyl sites for hydroxylation is 1. The molecule has 0 fully saturated rings. The van der Waals surface area contributed by atoms with Crippen molar-refractivity contribution >= 4 is 0 Å². The fourth-order valence-corrected chi connectivity index (χ4v) is 2.47. The Labute approximate surface area is 103 Å². The molecule has 1 aromatic carbocycles. The molecule has 0 atom stereocenters. The summed E-state index contributed by atoms with van der Waals surface area (Å²) >= 11 is 0. The van der Waals surface area contributed by atoms with E-state index < -0.39 is 0 Å². The van der Waals surface area contributed by atoms with E-state index in [1.807, 2.05) is 20.8 Å². The molecule has 17 heavy (non-hydrogen) atoms. The number of hydrogen-bond acceptors (Lipinski definition) is 3. The Balaban J connectivity index is 2.53. The van der Waals surface area contributed by atoms with Crippen LogP contribution in [0.15, 0.2) is 6.07 Å². The smallest absolute Gasteiger partial charge is 0.125 e. The first-order chi connectivity index (χ1) is 7.92. The van der Waals surface area contributed by atoms with Gasteiger partial charge in [-0.15, -0.1) is 0 Å². The minimum atomic E-state index is -0.239. The van der Waals surface area contributed by atoms with Crippen LogP contribution >= 0.6 is 0 Å². The highest BCUT2D eigenvalue weighted by atomic mass is 16.5. The van der Waals surface area contributed by atoms with E-state index in [0.29, 0.717) is 0 Å². The lowest BCUT2D eigenvalue weighted by Crippen LogP contribution is -2.35. The van der Waals surface area contributed by atoms with Gasteiger partial charge in [0.15, 0.2) is 0 Å². The molecule has 0 amide bonds. The molecule has 0 aliphatic carbocycles. The zero-order valence-electron chi connectivity index (χ0n) is 11.1. The molecule has 0 radical (unpaired) electrons. The molecule has 94 valence electrons. The summed E-state index contributed by atoms with van der Waals surface area (Å²) in [6.45, 7) is 6.89. The van der Waals surface area contributed by atoms with Gasteiger partial charge >= 0.3 is 0 Å². The van der Waals surface area contributed by atoms with Gasteiger partial charge in [0.25, 0.3) is 0 Å². The normalized spacial score (nSPS) is 14.4. The molecule has 1 aliphatic rings. The standard InChI is InChI=1S/C14H21NO2/c1-9-7-12-10(5-6-17-12)11(13(9)16-4)8-14(2,3)15/h7H,5-6,8,15H2,1-4H3. The second-order valence-corrected chi connectivity index (χ2v) is 5.45. The molecule has 3 heteroatoms. The summed E-state index contributed by atoms with van der Waals surface area (Å²) in [5.41, 5.74) is 9.50. The fraction of sp³-hybridized carbons (Fsp3) is 0.571. The predicted octanol–water partition coefficient (Wildman–Crippen LogP) is 2.22. The van der Waals surface area contributed by atoms with E-state index in [-0.39, 0.29) is 5.54 Å². The van der Waals surface area contributed by atoms with Gasteiger partial charge in [0.2, 0.25) is 0 Å². The summed E-state index contributed by atoms with van der Waals surface area (Å²) in [5.74, 6) is 1.97. The maximum absolute atomic E-state index is 6.14. The fourth-order valence-electron chi connectivity index (χ4n) is 2.47. The number of ether oxygens (including phenoxy) is 2. The van der Waals surface area contributed by atoms with Gasteiger partial charge in [-0.05, 0) is 38.8 Å². The van der Waals surface area contributed by atoms with E-state index >= 15 is 0 Å². The predicted molar refractivity (Wildman–Crippen MR) is 68.9 cm³/mol. The summed E-state index contributed by atoms with van der Waals surface area (Å²) in [5, 5.41) is 0. The van der Waals surface area contributed by atoms with E-state index in [2.05, 4.69) is 6.07 Å². The van der Waals surface area contributed by atoms with Gasteiger partial charge in [0.05, 0.1) is 13.7 Å². The highest BCUT2D eigenvalue weighted by molar-refractivity contribution is 5.55. The van der Waals surface area contributed by atoms with Gasteiger partial charge in [0.1, 0.15) is 11.5 Å². The Morgan fingerprint density at radius 1 is 1.47 bits per heavy atom. The van der Waals surface area contributed by atoms with Crippen LogP contribution in [0.25, 0.3) is 0 Å². The Hall–Kier alpha value is -1.22. The van der Waals surface area contributed by atoms with Crippen LogP contribution < -0.4 is 15.2 Å². The first kappa shape index (κ1) is 12.2. The summed E-state index contributed by atoms with van der Waals surface area (Å²) in [7, 11) is 1.72. The molecule has 3 nitrogen and oxygen atoms in total. The SMILES string of the molecule is COc1c(C)cc2c(c1CC(C)(C)N)CCO2. The van der Waals surface area contributed by atoms with Crippen LogP contribution in [0.1, 0.15) is 30.5 Å². The third kappa shape index (κ3) is 2.39. The Morgan fingerprint density at radius 3 is 2.76 bits per heavy atom. The number of fused-ring (bicyclic) bond motifs is 1. The summed E-state index contributed by atoms with van der Waals surface area (Å²) in [4.78, 5) is 0. The lowest BCUT2D eigenvalue weighted by molar-refractivity contribution is 0.356. The van der Waals surface area contributed by atoms with E-state index in [9.17, 15) is 0 Å². The van der Waals surface area contributed by atoms with E-state index in [0.717, 1.165) is 36.5 Å². The molecule has 2 rings (SSSR count). The van der Waals surface area contributed by atoms with Crippen LogP contribution in [-0.2, 0) is 12.8 Å². The molecule has 0 saturated carbocycles. The topological polar surface area (TPSA) is 44.5 Å². The molecular weight excluding hydrogens is 214 g/mol. The highest BCUT2D eigenvalue weighted by Crippen LogP contribution is 2.38. The zero-order valence-corrected chi connectivity index (χ0v) is 11.1. The van der Waals surface area contributed by atoms with Crippen LogP contribution in [0.3, 0.4) is 0 Å². The van der Waals surface area contributed by atoms with Gasteiger partial charge in [-0.1, -0.05) is 0 Å². The number of hydrogen-bond donors (Lipinski definition) is 1. The average Bonchev–Trinajstić information content (AvgIpc) is 2.63. The molecule has 0 aromatic heterocycles. The number of nitrogens with two attached hydrogens (primary N) is 1. The Bertz CT molecular complexity index is 429. The van der Waals surface area contributed by atoms with Crippen LogP contribution in [-0.4, -0.2) is 19.3 Å². The second kappa shape index (κ2) is 4.22. The molecule has 0 spiro atoms. The zero-order chi connectivity index (χ0) is 12.6. The number of methoxy groups -OCH3 is 1. The van der Waals surface area contributed by atoms with Crippen LogP contribution in [0.4, 0.5) is 0 Å². The Morgan fingerprint density at radius 2 is 2.18 bits per heavy atom. The molecule has 1 heterocycles. The van der Waals surface area contributed by atoms with Crippen molar-refractivity contribution in [2.24, 2.45) is 5.73 Å². The van der Waals surface area contributed by atoms with Crippen molar-refractivity contribution in [2.45, 2.75) is 39.2 Å². The molecule has 0 bridgehead atoms. The summed E-state index contributed by atoms with van der Waals surface area (Å²) in [6, 6.07) is 2.06. The third-order valence-corrected chi connectivity index (χ3v) is 3.09. The van der Waals surface area contributed by atoms with Gasteiger partial charge in [0, 0.05) is 23.1 Å². The van der Waals surface area contributed by atoms with Crippen molar-refractivity contribution in [1.29, 1.82) is 0 Å². The van der Waals surface area contributed by atoms with Crippen molar-refractivity contribution < 1.29 is 9.47 Å². The molecule has 0 saturated heterocycles. The van der Waals surface area contributed by atoms with Crippen molar-refractivity contribution in [2.75, 3.05) is 13.7 Å². The van der Waals surface area contributed by atoms with Gasteiger partial charge in [-0.25, -0.2) is 0 Å². The summed E-state index contributed by atoms with van der Waals surface area (Å²) in [6.07, 6.45) is 1.76. The molecular formula is C14H21NO2. The minimum absolute atomic E-state index is 0.239. The van der Waals surface area contributed by atoms with Crippen molar-refractivity contribution in [3.05, 3.63) is 22.8 Å². The van der Waals surface area contributed by atoms with Gasteiger partial charge < -0.3 is 15.2 Å². The first-order valence-electron chi connectivity index (χ1n) is 6.03. The average molecular weight is 235 g/mol. The van der Waals surface area contributed by atoms with Gasteiger partial charge in [-0.2, -0.15) is 0 Å². The van der Waals surface area contributed by atoms with Crippen LogP contribution in [0.5, 0.6) is 11.5 Å². The van der Waals surface area contributed by atoms with Crippen LogP contribution in [0.2, 0.25) is 0 Å². The molecule has 0 unspecified atom stereocenters. The highest BCUT2D eigenvalue weighted by Gasteiger charge is 2.25. The first-order valence-corrected chi connectivity index (χ1v) is 6.03. The second-order valence-electron chi connectivity index (χ2n) is 5.45. The van der Waals surface area contributed by atoms with E-state index in [1.165, 1.54) is 11.1 Å². The lowest BCUT2D eigenvalue weighted by atomic mass is 9.90. The Kier molecular flexibility index (Phi) is 3.04. The number of benzene rings is 1. The summed E-state index contributed by atoms with van der Waals surface area (Å²) < 4.78 is 11.2. The maximum Gasteiger partial charge on any atom is 0.125 e. The van der Waals surface area contributed by atoms with Gasteiger partial charge in [-0.3, -0.25) is 0 Å². The minimum Gasteiger partial charge on any atom is -0.496 e. The largest absolute Gasteiger partial charge is 0.496 e. The van der Waals surface area contributed by atoms with Crippen molar-refractivity contribution in [3.63, 3.8) is 0 Å². The lowest BCUT2D eigenvalue weighted by Gasteiger charge is -2.23. The van der Waals surface area contributed by atoms with Crippen molar-refractivity contribution in [1.82, 2.24) is 0 Å². The third-order valence-electron chi connectivity index (χ3n) is 3.09.